The lowest BCUT2D eigenvalue weighted by Crippen LogP contribution is -2.46. The summed E-state index contributed by atoms with van der Waals surface area (Å²) in [6.45, 7) is 1.21. The van der Waals surface area contributed by atoms with Crippen molar-refractivity contribution in [2.75, 3.05) is 27.3 Å². The summed E-state index contributed by atoms with van der Waals surface area (Å²) < 4.78 is 11.4. The maximum atomic E-state index is 12.6. The first-order chi connectivity index (χ1) is 14.5. The Morgan fingerprint density at radius 2 is 1.77 bits per heavy atom. The predicted octanol–water partition coefficient (Wildman–Crippen LogP) is 3.90. The molecule has 0 radical (unpaired) electrons. The minimum atomic E-state index is -0.158. The van der Waals surface area contributed by atoms with Crippen molar-refractivity contribution in [2.24, 2.45) is 0 Å². The molecule has 0 aliphatic carbocycles. The van der Waals surface area contributed by atoms with Crippen molar-refractivity contribution >= 4 is 33.8 Å². The molecule has 2 amide bonds. The molecule has 1 aliphatic rings. The molecule has 7 heteroatoms. The van der Waals surface area contributed by atoms with Gasteiger partial charge in [-0.3, -0.25) is 9.59 Å². The standard InChI is InChI=1S/C23H25BrN2O4/c1-29-20-9-7-17(15-21(20)30-2)23(28)25-18-11-13-26(14-12-18)22(27)10-8-16-5-3-4-6-19(16)24/h3-10,15,18H,11-14H2,1-2H3,(H,25,28)/b10-8+. The summed E-state index contributed by atoms with van der Waals surface area (Å²) >= 11 is 3.48. The van der Waals surface area contributed by atoms with Crippen LogP contribution in [-0.2, 0) is 4.79 Å². The molecule has 158 valence electrons. The van der Waals surface area contributed by atoms with Crippen molar-refractivity contribution in [2.45, 2.75) is 18.9 Å². The van der Waals surface area contributed by atoms with Crippen LogP contribution < -0.4 is 14.8 Å². The van der Waals surface area contributed by atoms with Crippen molar-refractivity contribution in [1.82, 2.24) is 10.2 Å². The number of hydrogen-bond acceptors (Lipinski definition) is 4. The van der Waals surface area contributed by atoms with Crippen LogP contribution in [0.2, 0.25) is 0 Å². The number of rotatable bonds is 6. The summed E-state index contributed by atoms with van der Waals surface area (Å²) in [4.78, 5) is 26.9. The van der Waals surface area contributed by atoms with Gasteiger partial charge in [0.25, 0.3) is 5.91 Å². The van der Waals surface area contributed by atoms with E-state index in [1.807, 2.05) is 35.2 Å². The number of halogens is 1. The van der Waals surface area contributed by atoms with Gasteiger partial charge in [0.1, 0.15) is 0 Å². The van der Waals surface area contributed by atoms with Crippen molar-refractivity contribution in [3.05, 3.63) is 64.1 Å². The van der Waals surface area contributed by atoms with Crippen LogP contribution in [0.1, 0.15) is 28.8 Å². The number of ether oxygens (including phenoxy) is 2. The van der Waals surface area contributed by atoms with Crippen molar-refractivity contribution in [3.8, 4) is 11.5 Å². The van der Waals surface area contributed by atoms with Crippen LogP contribution in [0.5, 0.6) is 11.5 Å². The molecule has 1 heterocycles. The fraction of sp³-hybridized carbons (Fsp3) is 0.304. The van der Waals surface area contributed by atoms with Crippen LogP contribution in [0.25, 0.3) is 6.08 Å². The normalized spacial score (nSPS) is 14.6. The zero-order chi connectivity index (χ0) is 21.5. The van der Waals surface area contributed by atoms with Gasteiger partial charge in [-0.05, 0) is 48.7 Å². The SMILES string of the molecule is COc1ccc(C(=O)NC2CCN(C(=O)/C=C/c3ccccc3Br)CC2)cc1OC. The van der Waals surface area contributed by atoms with Gasteiger partial charge in [0, 0.05) is 35.2 Å². The van der Waals surface area contributed by atoms with Crippen LogP contribution in [0.3, 0.4) is 0 Å². The molecule has 1 fully saturated rings. The molecule has 0 saturated carbocycles. The third-order valence-corrected chi connectivity index (χ3v) is 5.82. The molecular weight excluding hydrogens is 448 g/mol. The quantitative estimate of drug-likeness (QED) is 0.647. The topological polar surface area (TPSA) is 67.9 Å². The molecule has 0 spiro atoms. The first-order valence-corrected chi connectivity index (χ1v) is 10.6. The zero-order valence-corrected chi connectivity index (χ0v) is 18.6. The molecule has 0 bridgehead atoms. The second-order valence-electron chi connectivity index (χ2n) is 7.00. The number of amides is 2. The third-order valence-electron chi connectivity index (χ3n) is 5.10. The first kappa shape index (κ1) is 21.9. The number of nitrogens with one attached hydrogen (secondary N) is 1. The van der Waals surface area contributed by atoms with Gasteiger partial charge in [-0.1, -0.05) is 34.1 Å². The molecule has 0 aromatic heterocycles. The van der Waals surface area contributed by atoms with E-state index in [4.69, 9.17) is 9.47 Å². The Hall–Kier alpha value is -2.80. The van der Waals surface area contributed by atoms with Gasteiger partial charge in [0.2, 0.25) is 5.91 Å². The van der Waals surface area contributed by atoms with E-state index >= 15 is 0 Å². The van der Waals surface area contributed by atoms with Crippen molar-refractivity contribution < 1.29 is 19.1 Å². The number of carbonyl (C=O) groups is 2. The second kappa shape index (κ2) is 10.3. The number of likely N-dealkylation sites (tertiary alicyclic amines) is 1. The highest BCUT2D eigenvalue weighted by Gasteiger charge is 2.23. The number of carbonyl (C=O) groups excluding carboxylic acids is 2. The van der Waals surface area contributed by atoms with Crippen LogP contribution in [0.15, 0.2) is 53.0 Å². The van der Waals surface area contributed by atoms with Crippen LogP contribution >= 0.6 is 15.9 Å². The lowest BCUT2D eigenvalue weighted by atomic mass is 10.0. The summed E-state index contributed by atoms with van der Waals surface area (Å²) in [5.41, 5.74) is 1.48. The minimum Gasteiger partial charge on any atom is -0.493 e. The van der Waals surface area contributed by atoms with E-state index in [0.717, 1.165) is 10.0 Å². The monoisotopic (exact) mass is 472 g/mol. The molecule has 1 saturated heterocycles. The molecule has 2 aromatic carbocycles. The molecule has 0 atom stereocenters. The molecule has 1 N–H and O–H groups in total. The van der Waals surface area contributed by atoms with Crippen LogP contribution in [0, 0.1) is 0 Å². The summed E-state index contributed by atoms with van der Waals surface area (Å²) in [6.07, 6.45) is 4.85. The Bertz CT molecular complexity index is 937. The molecule has 3 rings (SSSR count). The Morgan fingerprint density at radius 1 is 1.07 bits per heavy atom. The van der Waals surface area contributed by atoms with Gasteiger partial charge >= 0.3 is 0 Å². The van der Waals surface area contributed by atoms with Gasteiger partial charge in [0.15, 0.2) is 11.5 Å². The minimum absolute atomic E-state index is 0.0181. The molecular formula is C23H25BrN2O4. The van der Waals surface area contributed by atoms with Crippen LogP contribution in [0.4, 0.5) is 0 Å². The lowest BCUT2D eigenvalue weighted by molar-refractivity contribution is -0.126. The van der Waals surface area contributed by atoms with Gasteiger partial charge in [-0.2, -0.15) is 0 Å². The summed E-state index contributed by atoms with van der Waals surface area (Å²) in [7, 11) is 3.09. The maximum absolute atomic E-state index is 12.6. The first-order valence-electron chi connectivity index (χ1n) is 9.76. The van der Waals surface area contributed by atoms with E-state index in [0.29, 0.717) is 43.0 Å². The summed E-state index contributed by atoms with van der Waals surface area (Å²) in [5, 5.41) is 3.05. The predicted molar refractivity (Wildman–Crippen MR) is 120 cm³/mol. The van der Waals surface area contributed by atoms with Crippen LogP contribution in [-0.4, -0.2) is 50.1 Å². The third kappa shape index (κ3) is 5.42. The van der Waals surface area contributed by atoms with E-state index in [9.17, 15) is 9.59 Å². The van der Waals surface area contributed by atoms with Gasteiger partial charge < -0.3 is 19.7 Å². The molecule has 2 aromatic rings. The number of hydrogen-bond donors (Lipinski definition) is 1. The van der Waals surface area contributed by atoms with Crippen molar-refractivity contribution in [1.29, 1.82) is 0 Å². The Labute approximate surface area is 185 Å². The van der Waals surface area contributed by atoms with Gasteiger partial charge in [-0.25, -0.2) is 0 Å². The highest BCUT2D eigenvalue weighted by atomic mass is 79.9. The highest BCUT2D eigenvalue weighted by Crippen LogP contribution is 2.27. The number of nitrogens with zero attached hydrogens (tertiary/aromatic N) is 1. The lowest BCUT2D eigenvalue weighted by Gasteiger charge is -2.31. The Kier molecular flexibility index (Phi) is 7.52. The second-order valence-corrected chi connectivity index (χ2v) is 7.85. The van der Waals surface area contributed by atoms with E-state index < -0.39 is 0 Å². The number of benzene rings is 2. The van der Waals surface area contributed by atoms with E-state index in [1.54, 1.807) is 31.4 Å². The molecule has 0 unspecified atom stereocenters. The number of methoxy groups -OCH3 is 2. The average molecular weight is 473 g/mol. The highest BCUT2D eigenvalue weighted by molar-refractivity contribution is 9.10. The molecule has 1 aliphatic heterocycles. The fourth-order valence-corrected chi connectivity index (χ4v) is 3.78. The largest absolute Gasteiger partial charge is 0.493 e. The van der Waals surface area contributed by atoms with Gasteiger partial charge in [-0.15, -0.1) is 0 Å². The fourth-order valence-electron chi connectivity index (χ4n) is 3.37. The summed E-state index contributed by atoms with van der Waals surface area (Å²) in [5.74, 6) is 0.920. The molecule has 6 nitrogen and oxygen atoms in total. The number of piperidine rings is 1. The van der Waals surface area contributed by atoms with E-state index in [-0.39, 0.29) is 17.9 Å². The van der Waals surface area contributed by atoms with Gasteiger partial charge in [0.05, 0.1) is 14.2 Å². The van der Waals surface area contributed by atoms with E-state index in [1.165, 1.54) is 7.11 Å². The Balaban J connectivity index is 1.52. The average Bonchev–Trinajstić information content (AvgIpc) is 2.78. The molecule has 30 heavy (non-hydrogen) atoms. The van der Waals surface area contributed by atoms with E-state index in [2.05, 4.69) is 21.2 Å². The zero-order valence-electron chi connectivity index (χ0n) is 17.1. The summed E-state index contributed by atoms with van der Waals surface area (Å²) in [6, 6.07) is 12.9. The Morgan fingerprint density at radius 3 is 2.43 bits per heavy atom. The smallest absolute Gasteiger partial charge is 0.251 e. The van der Waals surface area contributed by atoms with Crippen molar-refractivity contribution in [3.63, 3.8) is 0 Å². The maximum Gasteiger partial charge on any atom is 0.251 e.